The predicted octanol–water partition coefficient (Wildman–Crippen LogP) is 7.86. The molecule has 0 N–H and O–H groups in total. The summed E-state index contributed by atoms with van der Waals surface area (Å²) >= 11 is 7.49. The van der Waals surface area contributed by atoms with Crippen LogP contribution in [0.4, 0.5) is 0 Å². The Morgan fingerprint density at radius 3 is 2.12 bits per heavy atom. The average molecular weight is 480 g/mol. The van der Waals surface area contributed by atoms with Crippen molar-refractivity contribution in [2.75, 3.05) is 0 Å². The molecular weight excluding hydrogens is 454 g/mol. The first-order chi connectivity index (χ1) is 16.1. The van der Waals surface area contributed by atoms with Crippen LogP contribution in [0.2, 0.25) is 5.02 Å². The van der Waals surface area contributed by atoms with Gasteiger partial charge in [-0.1, -0.05) is 72.9 Å². The maximum Gasteiger partial charge on any atom is 0.365 e. The van der Waals surface area contributed by atoms with Crippen LogP contribution in [0, 0.1) is 0 Å². The van der Waals surface area contributed by atoms with Crippen LogP contribution in [-0.2, 0) is 4.84 Å². The SMILES string of the molecule is CCCCCCC(=NOC(=O)c1ccc(Cl)cc1)C(=O)c1ccc(Sc2ccccc2)cc1. The number of hydrogen-bond acceptors (Lipinski definition) is 5. The molecule has 0 aromatic heterocycles. The van der Waals surface area contributed by atoms with Crippen LogP contribution in [0.3, 0.4) is 0 Å². The Kier molecular flexibility index (Phi) is 9.73. The molecule has 0 radical (unpaired) electrons. The fraction of sp³-hybridized carbons (Fsp3) is 0.222. The van der Waals surface area contributed by atoms with Crippen molar-refractivity contribution in [3.8, 4) is 0 Å². The first kappa shape index (κ1) is 24.7. The minimum Gasteiger partial charge on any atom is -0.312 e. The molecule has 0 aliphatic heterocycles. The molecule has 6 heteroatoms. The molecule has 4 nitrogen and oxygen atoms in total. The lowest BCUT2D eigenvalue weighted by Crippen LogP contribution is -2.16. The van der Waals surface area contributed by atoms with Crippen LogP contribution in [0.5, 0.6) is 0 Å². The van der Waals surface area contributed by atoms with Crippen LogP contribution < -0.4 is 0 Å². The molecule has 0 atom stereocenters. The molecule has 0 amide bonds. The Labute approximate surface area is 204 Å². The normalized spacial score (nSPS) is 11.3. The number of benzene rings is 3. The van der Waals surface area contributed by atoms with E-state index in [1.807, 2.05) is 42.5 Å². The molecule has 3 aromatic rings. The second kappa shape index (κ2) is 13.0. The second-order valence-electron chi connectivity index (χ2n) is 7.50. The highest BCUT2D eigenvalue weighted by Gasteiger charge is 2.17. The van der Waals surface area contributed by atoms with Crippen molar-refractivity contribution in [1.29, 1.82) is 0 Å². The lowest BCUT2D eigenvalue weighted by atomic mass is 10.0. The highest BCUT2D eigenvalue weighted by atomic mass is 35.5. The summed E-state index contributed by atoms with van der Waals surface area (Å²) in [5, 5.41) is 4.49. The maximum atomic E-state index is 13.1. The molecule has 0 aliphatic carbocycles. The Morgan fingerprint density at radius 2 is 1.45 bits per heavy atom. The van der Waals surface area contributed by atoms with Gasteiger partial charge in [0.15, 0.2) is 0 Å². The fourth-order valence-corrected chi connectivity index (χ4v) is 4.08. The topological polar surface area (TPSA) is 55.7 Å². The number of nitrogens with zero attached hydrogens (tertiary/aromatic N) is 1. The van der Waals surface area contributed by atoms with Crippen LogP contribution >= 0.6 is 23.4 Å². The first-order valence-corrected chi connectivity index (χ1v) is 12.2. The number of oxime groups is 1. The minimum absolute atomic E-state index is 0.230. The van der Waals surface area contributed by atoms with Gasteiger partial charge in [0.05, 0.1) is 5.56 Å². The molecule has 0 fully saturated rings. The first-order valence-electron chi connectivity index (χ1n) is 11.0. The third-order valence-corrected chi connectivity index (χ3v) is 6.21. The molecule has 0 saturated heterocycles. The van der Waals surface area contributed by atoms with E-state index in [1.165, 1.54) is 0 Å². The van der Waals surface area contributed by atoms with Gasteiger partial charge in [-0.25, -0.2) is 4.79 Å². The van der Waals surface area contributed by atoms with E-state index < -0.39 is 5.97 Å². The number of Topliss-reactive ketones (excluding diaryl/α,β-unsaturated/α-hetero) is 1. The third kappa shape index (κ3) is 7.88. The van der Waals surface area contributed by atoms with Crippen LogP contribution in [-0.4, -0.2) is 17.5 Å². The third-order valence-electron chi connectivity index (χ3n) is 4.94. The van der Waals surface area contributed by atoms with E-state index in [-0.39, 0.29) is 11.5 Å². The van der Waals surface area contributed by atoms with Gasteiger partial charge in [0, 0.05) is 20.4 Å². The van der Waals surface area contributed by atoms with Crippen LogP contribution in [0.1, 0.15) is 59.7 Å². The molecular formula is C27H26ClNO3S. The monoisotopic (exact) mass is 479 g/mol. The molecule has 170 valence electrons. The van der Waals surface area contributed by atoms with E-state index >= 15 is 0 Å². The quantitative estimate of drug-likeness (QED) is 0.0923. The highest BCUT2D eigenvalue weighted by molar-refractivity contribution is 7.99. The van der Waals surface area contributed by atoms with E-state index in [0.29, 0.717) is 22.6 Å². The molecule has 0 saturated carbocycles. The maximum absolute atomic E-state index is 13.1. The molecule has 0 unspecified atom stereocenters. The number of hydrogen-bond donors (Lipinski definition) is 0. The summed E-state index contributed by atoms with van der Waals surface area (Å²) < 4.78 is 0. The zero-order valence-electron chi connectivity index (χ0n) is 18.5. The lowest BCUT2D eigenvalue weighted by molar-refractivity contribution is 0.0514. The smallest absolute Gasteiger partial charge is 0.312 e. The van der Waals surface area contributed by atoms with Gasteiger partial charge in [0.25, 0.3) is 0 Å². The van der Waals surface area contributed by atoms with Gasteiger partial charge in [0.2, 0.25) is 5.78 Å². The van der Waals surface area contributed by atoms with Crippen molar-refractivity contribution in [1.82, 2.24) is 0 Å². The van der Waals surface area contributed by atoms with E-state index in [1.54, 1.807) is 48.2 Å². The number of rotatable bonds is 11. The predicted molar refractivity (Wildman–Crippen MR) is 134 cm³/mol. The number of carbonyl (C=O) groups excluding carboxylic acids is 2. The second-order valence-corrected chi connectivity index (χ2v) is 9.09. The fourth-order valence-electron chi connectivity index (χ4n) is 3.12. The Balaban J connectivity index is 1.71. The lowest BCUT2D eigenvalue weighted by Gasteiger charge is -2.07. The van der Waals surface area contributed by atoms with E-state index in [0.717, 1.165) is 35.5 Å². The molecule has 3 aromatic carbocycles. The van der Waals surface area contributed by atoms with Crippen molar-refractivity contribution in [3.05, 3.63) is 95.0 Å². The average Bonchev–Trinajstić information content (AvgIpc) is 2.84. The minimum atomic E-state index is -0.625. The van der Waals surface area contributed by atoms with Gasteiger partial charge in [-0.15, -0.1) is 0 Å². The highest BCUT2D eigenvalue weighted by Crippen LogP contribution is 2.27. The van der Waals surface area contributed by atoms with Gasteiger partial charge in [-0.2, -0.15) is 0 Å². The van der Waals surface area contributed by atoms with Gasteiger partial charge in [0.1, 0.15) is 5.71 Å². The van der Waals surface area contributed by atoms with Crippen LogP contribution in [0.15, 0.2) is 93.8 Å². The molecule has 3 rings (SSSR count). The number of unbranched alkanes of at least 4 members (excludes halogenated alkanes) is 3. The van der Waals surface area contributed by atoms with Gasteiger partial charge >= 0.3 is 5.97 Å². The van der Waals surface area contributed by atoms with E-state index in [4.69, 9.17) is 16.4 Å². The summed E-state index contributed by atoms with van der Waals surface area (Å²) in [6, 6.07) is 23.8. The van der Waals surface area contributed by atoms with Crippen molar-refractivity contribution in [3.63, 3.8) is 0 Å². The summed E-state index contributed by atoms with van der Waals surface area (Å²) in [6.07, 6.45) is 4.41. The summed E-state index contributed by atoms with van der Waals surface area (Å²) in [7, 11) is 0. The van der Waals surface area contributed by atoms with Crippen molar-refractivity contribution < 1.29 is 14.4 Å². The zero-order chi connectivity index (χ0) is 23.5. The van der Waals surface area contributed by atoms with Crippen molar-refractivity contribution in [2.24, 2.45) is 5.16 Å². The molecule has 33 heavy (non-hydrogen) atoms. The largest absolute Gasteiger partial charge is 0.365 e. The summed E-state index contributed by atoms with van der Waals surface area (Å²) in [5.41, 5.74) is 1.09. The number of halogens is 1. The molecule has 0 heterocycles. The standard InChI is InChI=1S/C27H26ClNO3S/c1-2-3-4-8-11-25(29-32-27(31)21-12-16-22(28)17-13-21)26(30)20-14-18-24(19-15-20)33-23-9-6-5-7-10-23/h5-7,9-10,12-19H,2-4,8,11H2,1H3. The molecule has 0 bridgehead atoms. The summed E-state index contributed by atoms with van der Waals surface area (Å²) in [4.78, 5) is 32.7. The summed E-state index contributed by atoms with van der Waals surface area (Å²) in [6.45, 7) is 2.13. The van der Waals surface area contributed by atoms with Crippen LogP contribution in [0.25, 0.3) is 0 Å². The van der Waals surface area contributed by atoms with E-state index in [9.17, 15) is 9.59 Å². The number of carbonyl (C=O) groups is 2. The van der Waals surface area contributed by atoms with Gasteiger partial charge < -0.3 is 4.84 Å². The zero-order valence-corrected chi connectivity index (χ0v) is 20.1. The number of ketones is 1. The van der Waals surface area contributed by atoms with Gasteiger partial charge in [-0.3, -0.25) is 4.79 Å². The Hall–Kier alpha value is -2.89. The van der Waals surface area contributed by atoms with Gasteiger partial charge in [-0.05, 0) is 73.5 Å². The molecule has 0 spiro atoms. The molecule has 0 aliphatic rings. The Bertz CT molecular complexity index is 1080. The van der Waals surface area contributed by atoms with Crippen molar-refractivity contribution in [2.45, 2.75) is 48.8 Å². The Morgan fingerprint density at radius 1 is 0.818 bits per heavy atom. The summed E-state index contributed by atoms with van der Waals surface area (Å²) in [5.74, 6) is -0.855. The van der Waals surface area contributed by atoms with E-state index in [2.05, 4.69) is 12.1 Å². The van der Waals surface area contributed by atoms with Crippen molar-refractivity contribution >= 4 is 40.8 Å².